The van der Waals surface area contributed by atoms with E-state index in [2.05, 4.69) is 25.1 Å². The Morgan fingerprint density at radius 2 is 1.61 bits per heavy atom. The second-order valence-corrected chi connectivity index (χ2v) is 16.2. The number of aliphatic hydroxyl groups excluding tert-OH is 1. The average molecular weight is 850 g/mol. The Kier molecular flexibility index (Phi) is 9.89. The predicted octanol–water partition coefficient (Wildman–Crippen LogP) is 5.90. The van der Waals surface area contributed by atoms with Crippen molar-refractivity contribution in [3.05, 3.63) is 121 Å². The Bertz CT molecular complexity index is 3150. The monoisotopic (exact) mass is 849 g/mol. The van der Waals surface area contributed by atoms with Crippen molar-refractivity contribution < 1.29 is 5.11 Å². The first-order valence-corrected chi connectivity index (χ1v) is 21.0. The van der Waals surface area contributed by atoms with E-state index in [0.717, 1.165) is 72.2 Å². The van der Waals surface area contributed by atoms with Crippen LogP contribution in [0.15, 0.2) is 104 Å². The van der Waals surface area contributed by atoms with Crippen LogP contribution in [0.5, 0.6) is 0 Å². The highest BCUT2D eigenvalue weighted by Crippen LogP contribution is 2.34. The second-order valence-electron chi connectivity index (χ2n) is 14.5. The Labute approximate surface area is 356 Å². The van der Waals surface area contributed by atoms with Gasteiger partial charge in [0.15, 0.2) is 28.7 Å². The van der Waals surface area contributed by atoms with Gasteiger partial charge in [0.2, 0.25) is 0 Å². The maximum atomic E-state index is 9.54. The summed E-state index contributed by atoms with van der Waals surface area (Å²) in [6.07, 6.45) is 19.9. The number of benzene rings is 1. The minimum Gasteiger partial charge on any atom is -0.395 e. The third-order valence-corrected chi connectivity index (χ3v) is 12.0. The van der Waals surface area contributed by atoms with E-state index in [9.17, 15) is 5.11 Å². The molecule has 306 valence electrons. The van der Waals surface area contributed by atoms with Crippen molar-refractivity contribution in [1.29, 1.82) is 0 Å². The van der Waals surface area contributed by atoms with E-state index in [-0.39, 0.29) is 12.6 Å². The summed E-state index contributed by atoms with van der Waals surface area (Å²) in [5.74, 6) is 1.95. The number of imidazole rings is 3. The molecule has 1 aromatic carbocycles. The van der Waals surface area contributed by atoms with Crippen molar-refractivity contribution in [2.75, 3.05) is 17.2 Å². The fourth-order valence-electron chi connectivity index (χ4n) is 7.17. The molecule has 0 fully saturated rings. The number of anilines is 4. The minimum absolute atomic E-state index is 0.0938. The number of thiophene rings is 1. The number of aromatic nitrogens is 13. The molecule has 0 amide bonds. The number of fused-ring (bicyclic) bond motifs is 2. The molecular weight excluding hydrogens is 811 g/mol. The first-order chi connectivity index (χ1) is 29.8. The van der Waals surface area contributed by atoms with Gasteiger partial charge in [-0.1, -0.05) is 0 Å². The number of rotatable bonds is 14. The van der Waals surface area contributed by atoms with Crippen LogP contribution in [0, 0.1) is 6.92 Å². The average Bonchev–Trinajstić information content (AvgIpc) is 4.13. The predicted molar refractivity (Wildman–Crippen MR) is 236 cm³/mol. The van der Waals surface area contributed by atoms with Crippen molar-refractivity contribution in [2.24, 2.45) is 18.5 Å². The van der Waals surface area contributed by atoms with E-state index in [4.69, 9.17) is 36.5 Å². The van der Waals surface area contributed by atoms with Gasteiger partial charge < -0.3 is 27.2 Å². The summed E-state index contributed by atoms with van der Waals surface area (Å²) in [5.41, 5.74) is 22.3. The molecule has 0 saturated heterocycles. The molecule has 0 saturated carbocycles. The normalized spacial score (nSPS) is 12.2. The van der Waals surface area contributed by atoms with Gasteiger partial charge in [-0.25, -0.2) is 29.6 Å². The Hall–Kier alpha value is -7.10. The minimum atomic E-state index is -0.341. The molecule has 0 aliphatic rings. The zero-order chi connectivity index (χ0) is 41.6. The van der Waals surface area contributed by atoms with Gasteiger partial charge in [0.05, 0.1) is 70.9 Å². The Morgan fingerprint density at radius 3 is 2.33 bits per heavy atom. The zero-order valence-corrected chi connectivity index (χ0v) is 34.6. The van der Waals surface area contributed by atoms with Crippen LogP contribution in [0.3, 0.4) is 0 Å². The summed E-state index contributed by atoms with van der Waals surface area (Å²) in [6, 6.07) is 11.7. The van der Waals surface area contributed by atoms with Crippen molar-refractivity contribution >= 4 is 56.5 Å². The smallest absolute Gasteiger partial charge is 0.180 e. The number of nitrogens with one attached hydrogen (secondary N) is 2. The topological polar surface area (TPSA) is 223 Å². The fraction of sp³-hybridized carbons (Fsp3) is 0.171. The fourth-order valence-corrected chi connectivity index (χ4v) is 8.72. The van der Waals surface area contributed by atoms with Crippen molar-refractivity contribution in [3.8, 4) is 44.6 Å². The van der Waals surface area contributed by atoms with Crippen molar-refractivity contribution in [3.63, 3.8) is 0 Å². The lowest BCUT2D eigenvalue weighted by atomic mass is 10.1. The number of aryl methyl sites for hydroxylation is 3. The van der Waals surface area contributed by atoms with E-state index in [0.29, 0.717) is 42.3 Å². The molecule has 0 unspecified atom stereocenters. The highest BCUT2D eigenvalue weighted by Gasteiger charge is 2.20. The largest absolute Gasteiger partial charge is 0.395 e. The van der Waals surface area contributed by atoms with E-state index in [1.165, 1.54) is 11.5 Å². The molecule has 0 aliphatic carbocycles. The molecule has 0 radical (unpaired) electrons. The summed E-state index contributed by atoms with van der Waals surface area (Å²) in [4.78, 5) is 25.0. The van der Waals surface area contributed by atoms with Crippen molar-refractivity contribution in [1.82, 2.24) is 62.2 Å². The molecule has 61 heavy (non-hydrogen) atoms. The highest BCUT2D eigenvalue weighted by molar-refractivity contribution is 7.13. The van der Waals surface area contributed by atoms with Crippen molar-refractivity contribution in [2.45, 2.75) is 32.4 Å². The van der Waals surface area contributed by atoms with Gasteiger partial charge in [0.25, 0.3) is 0 Å². The van der Waals surface area contributed by atoms with Gasteiger partial charge in [-0.3, -0.25) is 18.1 Å². The summed E-state index contributed by atoms with van der Waals surface area (Å²) in [6.45, 7) is 2.26. The van der Waals surface area contributed by atoms with E-state index in [1.807, 2.05) is 112 Å². The van der Waals surface area contributed by atoms with Gasteiger partial charge in [-0.15, -0.1) is 11.3 Å². The SMILES string of the molecule is Cc1cc(Nc2nc(CC[C@@H](N)CO)cn3c(-c4cnn(-c5cncn5-c5ccc(Nc6nc(-c7sccc7CN)cn7c(-c8cnn(C)c8)cnc67)cc5)c4)cnc23)sn1. The summed E-state index contributed by atoms with van der Waals surface area (Å²) < 4.78 is 14.0. The third-order valence-electron chi connectivity index (χ3n) is 10.3. The number of nitrogens with two attached hydrogens (primary N) is 2. The number of hydrogen-bond acceptors (Lipinski definition) is 15. The maximum absolute atomic E-state index is 9.54. The van der Waals surface area contributed by atoms with Crippen LogP contribution in [0.4, 0.5) is 22.3 Å². The van der Waals surface area contributed by atoms with Crippen LogP contribution in [0.1, 0.15) is 23.4 Å². The second kappa shape index (κ2) is 15.8. The Balaban J connectivity index is 0.943. The van der Waals surface area contributed by atoms with Crippen LogP contribution in [-0.4, -0.2) is 80.0 Å². The lowest BCUT2D eigenvalue weighted by molar-refractivity contribution is 0.260. The molecule has 0 spiro atoms. The number of nitrogens with zero attached hydrogens (tertiary/aromatic N) is 13. The van der Waals surface area contributed by atoms with Crippen LogP contribution >= 0.6 is 22.9 Å². The highest BCUT2D eigenvalue weighted by atomic mass is 32.1. The molecule has 20 heteroatoms. The lowest BCUT2D eigenvalue weighted by Crippen LogP contribution is -2.25. The quantitative estimate of drug-likeness (QED) is 0.0861. The van der Waals surface area contributed by atoms with Gasteiger partial charge in [0.1, 0.15) is 11.3 Å². The third kappa shape index (κ3) is 7.31. The molecule has 0 aliphatic heterocycles. The van der Waals surface area contributed by atoms with E-state index < -0.39 is 0 Å². The number of hydrogen-bond donors (Lipinski definition) is 5. The summed E-state index contributed by atoms with van der Waals surface area (Å²) >= 11 is 2.97. The van der Waals surface area contributed by atoms with Crippen LogP contribution in [0.25, 0.3) is 55.9 Å². The van der Waals surface area contributed by atoms with Gasteiger partial charge in [-0.2, -0.15) is 14.6 Å². The first kappa shape index (κ1) is 38.1. The van der Waals surface area contributed by atoms with Gasteiger partial charge >= 0.3 is 0 Å². The summed E-state index contributed by atoms with van der Waals surface area (Å²) in [7, 11) is 1.89. The molecule has 18 nitrogen and oxygen atoms in total. The summed E-state index contributed by atoms with van der Waals surface area (Å²) in [5, 5.41) is 28.5. The Morgan fingerprint density at radius 1 is 0.852 bits per heavy atom. The molecule has 10 aromatic rings. The first-order valence-electron chi connectivity index (χ1n) is 19.3. The van der Waals surface area contributed by atoms with Crippen LogP contribution in [-0.2, 0) is 20.0 Å². The molecule has 1 atom stereocenters. The molecule has 10 rings (SSSR count). The molecule has 9 heterocycles. The van der Waals surface area contributed by atoms with E-state index in [1.54, 1.807) is 39.4 Å². The molecule has 7 N–H and O–H groups in total. The molecule has 9 aromatic heterocycles. The number of aliphatic hydroxyl groups is 1. The zero-order valence-electron chi connectivity index (χ0n) is 33.0. The van der Waals surface area contributed by atoms with Crippen LogP contribution < -0.4 is 22.1 Å². The van der Waals surface area contributed by atoms with Gasteiger partial charge in [0, 0.05) is 66.9 Å². The standard InChI is InChI=1S/C41H39N17OS2/c1-24-11-35(61-53-24)52-39-41-46-16-34(55(41)20-30(50-39)4-3-28(43)22-59)27-14-48-58(19-27)36-17-44-23-57(36)31-7-5-29(6-8-31)49-38-40-45-15-33(26-13-47-54(2)18-26)56(40)21-32(51-38)37-25(12-42)9-10-60-37/h5-11,13-21,23,28,59H,3-4,12,22,42-43H2,1-2H3,(H,49,51)(H,50,52)/t28-/m1/s1. The maximum Gasteiger partial charge on any atom is 0.180 e. The molecule has 0 bridgehead atoms. The van der Waals surface area contributed by atoms with Crippen LogP contribution in [0.2, 0.25) is 0 Å². The lowest BCUT2D eigenvalue weighted by Gasteiger charge is -2.12. The van der Waals surface area contributed by atoms with Gasteiger partial charge in [-0.05, 0) is 78.6 Å². The molecular formula is C41H39N17OS2. The van der Waals surface area contributed by atoms with E-state index >= 15 is 0 Å².